The quantitative estimate of drug-likeness (QED) is 0.902. The lowest BCUT2D eigenvalue weighted by molar-refractivity contribution is -0.120. The van der Waals surface area contributed by atoms with Gasteiger partial charge in [0.25, 0.3) is 0 Å². The summed E-state index contributed by atoms with van der Waals surface area (Å²) < 4.78 is 20.4. The Hall–Kier alpha value is -2.12. The van der Waals surface area contributed by atoms with Gasteiger partial charge in [0.15, 0.2) is 0 Å². The number of likely N-dealkylation sites (tertiary alicyclic amines) is 1. The minimum absolute atomic E-state index is 0.0364. The number of nitrogens with zero attached hydrogens (tertiary/aromatic N) is 3. The van der Waals surface area contributed by atoms with E-state index in [1.165, 1.54) is 10.9 Å². The first-order chi connectivity index (χ1) is 10.2. The van der Waals surface area contributed by atoms with Crippen molar-refractivity contribution < 1.29 is 18.7 Å². The molecular weight excluding hydrogens is 291 g/mol. The SMILES string of the molecule is Cn1cc(NC(=O)[C@@H]2C[C@@H](F)CN2C(=O)OC(C)(C)C)cn1. The maximum atomic E-state index is 13.7. The van der Waals surface area contributed by atoms with Crippen LogP contribution in [0.25, 0.3) is 0 Å². The summed E-state index contributed by atoms with van der Waals surface area (Å²) in [6.45, 7) is 5.02. The molecule has 0 bridgehead atoms. The number of nitrogens with one attached hydrogen (secondary N) is 1. The number of hydrogen-bond donors (Lipinski definition) is 1. The molecule has 2 amide bonds. The highest BCUT2D eigenvalue weighted by Crippen LogP contribution is 2.24. The van der Waals surface area contributed by atoms with Gasteiger partial charge in [-0.15, -0.1) is 0 Å². The number of carbonyl (C=O) groups excluding carboxylic acids is 2. The van der Waals surface area contributed by atoms with Crippen molar-refractivity contribution >= 4 is 17.7 Å². The van der Waals surface area contributed by atoms with Crippen molar-refractivity contribution in [2.24, 2.45) is 7.05 Å². The number of aryl methyl sites for hydroxylation is 1. The van der Waals surface area contributed by atoms with Gasteiger partial charge in [0.1, 0.15) is 17.8 Å². The smallest absolute Gasteiger partial charge is 0.411 e. The number of alkyl halides is 1. The summed E-state index contributed by atoms with van der Waals surface area (Å²) in [6, 6.07) is -0.884. The number of carbonyl (C=O) groups is 2. The highest BCUT2D eigenvalue weighted by atomic mass is 19.1. The predicted molar refractivity (Wildman–Crippen MR) is 78.1 cm³/mol. The molecule has 0 aromatic carbocycles. The molecule has 1 aromatic rings. The first kappa shape index (κ1) is 16.3. The van der Waals surface area contributed by atoms with E-state index in [1.807, 2.05) is 0 Å². The summed E-state index contributed by atoms with van der Waals surface area (Å²) in [6.07, 6.45) is 1.15. The normalized spacial score (nSPS) is 21.8. The van der Waals surface area contributed by atoms with Crippen molar-refractivity contribution in [1.82, 2.24) is 14.7 Å². The van der Waals surface area contributed by atoms with Crippen molar-refractivity contribution in [2.75, 3.05) is 11.9 Å². The molecule has 0 aliphatic carbocycles. The molecule has 1 aromatic heterocycles. The fourth-order valence-corrected chi connectivity index (χ4v) is 2.27. The molecule has 1 aliphatic rings. The Morgan fingerprint density at radius 2 is 2.14 bits per heavy atom. The van der Waals surface area contributed by atoms with Gasteiger partial charge < -0.3 is 10.1 Å². The maximum absolute atomic E-state index is 13.7. The Bertz CT molecular complexity index is 567. The van der Waals surface area contributed by atoms with Gasteiger partial charge >= 0.3 is 6.09 Å². The van der Waals surface area contributed by atoms with E-state index in [2.05, 4.69) is 10.4 Å². The topological polar surface area (TPSA) is 76.5 Å². The van der Waals surface area contributed by atoms with E-state index >= 15 is 0 Å². The summed E-state index contributed by atoms with van der Waals surface area (Å²) in [5.41, 5.74) is -0.200. The third-order valence-corrected chi connectivity index (χ3v) is 3.15. The van der Waals surface area contributed by atoms with Crippen LogP contribution in [-0.2, 0) is 16.6 Å². The van der Waals surface area contributed by atoms with Gasteiger partial charge in [-0.05, 0) is 20.8 Å². The Labute approximate surface area is 128 Å². The van der Waals surface area contributed by atoms with E-state index < -0.39 is 29.8 Å². The lowest BCUT2D eigenvalue weighted by atomic mass is 10.2. The van der Waals surface area contributed by atoms with Gasteiger partial charge in [-0.1, -0.05) is 0 Å². The number of anilines is 1. The molecule has 1 N–H and O–H groups in total. The Balaban J connectivity index is 2.06. The van der Waals surface area contributed by atoms with E-state index in [0.29, 0.717) is 5.69 Å². The zero-order chi connectivity index (χ0) is 16.5. The summed E-state index contributed by atoms with van der Waals surface area (Å²) in [5, 5.41) is 6.57. The van der Waals surface area contributed by atoms with Crippen LogP contribution >= 0.6 is 0 Å². The van der Waals surface area contributed by atoms with Crippen LogP contribution in [0.5, 0.6) is 0 Å². The molecule has 122 valence electrons. The number of rotatable bonds is 2. The molecule has 0 radical (unpaired) electrons. The highest BCUT2D eigenvalue weighted by molar-refractivity contribution is 5.96. The van der Waals surface area contributed by atoms with Crippen LogP contribution in [0.2, 0.25) is 0 Å². The lowest BCUT2D eigenvalue weighted by Crippen LogP contribution is -2.45. The molecule has 2 rings (SSSR count). The minimum atomic E-state index is -1.24. The number of aromatic nitrogens is 2. The molecule has 0 unspecified atom stereocenters. The van der Waals surface area contributed by atoms with Crippen LogP contribution in [0.3, 0.4) is 0 Å². The van der Waals surface area contributed by atoms with E-state index in [1.54, 1.807) is 34.0 Å². The van der Waals surface area contributed by atoms with Crippen LogP contribution in [0, 0.1) is 0 Å². The van der Waals surface area contributed by atoms with Crippen molar-refractivity contribution in [3.63, 3.8) is 0 Å². The van der Waals surface area contributed by atoms with Gasteiger partial charge in [0.2, 0.25) is 5.91 Å². The Morgan fingerprint density at radius 3 is 2.68 bits per heavy atom. The molecule has 2 atom stereocenters. The molecule has 7 nitrogen and oxygen atoms in total. The van der Waals surface area contributed by atoms with Gasteiger partial charge in [-0.3, -0.25) is 14.4 Å². The third kappa shape index (κ3) is 3.96. The van der Waals surface area contributed by atoms with Crippen LogP contribution in [0.15, 0.2) is 12.4 Å². The van der Waals surface area contributed by atoms with E-state index in [0.717, 1.165) is 4.90 Å². The second-order valence-electron chi connectivity index (χ2n) is 6.37. The van der Waals surface area contributed by atoms with Crippen LogP contribution < -0.4 is 5.32 Å². The first-order valence-corrected chi connectivity index (χ1v) is 7.09. The van der Waals surface area contributed by atoms with Gasteiger partial charge in [-0.25, -0.2) is 9.18 Å². The third-order valence-electron chi connectivity index (χ3n) is 3.15. The molecule has 0 saturated carbocycles. The van der Waals surface area contributed by atoms with E-state index in [4.69, 9.17) is 4.74 Å². The average molecular weight is 312 g/mol. The number of ether oxygens (including phenoxy) is 1. The number of hydrogen-bond acceptors (Lipinski definition) is 4. The number of halogens is 1. The van der Waals surface area contributed by atoms with Crippen molar-refractivity contribution in [3.05, 3.63) is 12.4 Å². The van der Waals surface area contributed by atoms with Crippen LogP contribution in [0.4, 0.5) is 14.9 Å². The Kier molecular flexibility index (Phi) is 4.39. The van der Waals surface area contributed by atoms with Gasteiger partial charge in [0.05, 0.1) is 18.4 Å². The average Bonchev–Trinajstić information content (AvgIpc) is 2.93. The van der Waals surface area contributed by atoms with Crippen molar-refractivity contribution in [1.29, 1.82) is 0 Å². The zero-order valence-corrected chi connectivity index (χ0v) is 13.2. The molecule has 8 heteroatoms. The molecular formula is C14H21FN4O3. The second-order valence-corrected chi connectivity index (χ2v) is 6.37. The first-order valence-electron chi connectivity index (χ1n) is 7.09. The van der Waals surface area contributed by atoms with Crippen LogP contribution in [-0.4, -0.2) is 51.0 Å². The van der Waals surface area contributed by atoms with E-state index in [9.17, 15) is 14.0 Å². The van der Waals surface area contributed by atoms with Crippen molar-refractivity contribution in [2.45, 2.75) is 45.0 Å². The molecule has 22 heavy (non-hydrogen) atoms. The summed E-state index contributed by atoms with van der Waals surface area (Å²) in [4.78, 5) is 25.5. The summed E-state index contributed by atoms with van der Waals surface area (Å²) >= 11 is 0. The lowest BCUT2D eigenvalue weighted by Gasteiger charge is -2.27. The largest absolute Gasteiger partial charge is 0.444 e. The molecule has 2 heterocycles. The monoisotopic (exact) mass is 312 g/mol. The molecule has 1 saturated heterocycles. The molecule has 1 fully saturated rings. The zero-order valence-electron chi connectivity index (χ0n) is 13.2. The maximum Gasteiger partial charge on any atom is 0.411 e. The highest BCUT2D eigenvalue weighted by Gasteiger charge is 2.41. The fourth-order valence-electron chi connectivity index (χ4n) is 2.27. The number of amides is 2. The minimum Gasteiger partial charge on any atom is -0.444 e. The summed E-state index contributed by atoms with van der Waals surface area (Å²) in [7, 11) is 1.72. The standard InChI is InChI=1S/C14H21FN4O3/c1-14(2,3)22-13(21)19-7-9(15)5-11(19)12(20)17-10-6-16-18(4)8-10/h6,8-9,11H,5,7H2,1-4H3,(H,17,20)/t9-,11+/m1/s1. The molecule has 1 aliphatic heterocycles. The predicted octanol–water partition coefficient (Wildman–Crippen LogP) is 1.71. The Morgan fingerprint density at radius 1 is 1.45 bits per heavy atom. The van der Waals surface area contributed by atoms with Gasteiger partial charge in [0, 0.05) is 19.7 Å². The fraction of sp³-hybridized carbons (Fsp3) is 0.643. The second kappa shape index (κ2) is 5.94. The van der Waals surface area contributed by atoms with E-state index in [-0.39, 0.29) is 13.0 Å². The van der Waals surface area contributed by atoms with Gasteiger partial charge in [-0.2, -0.15) is 5.10 Å². The van der Waals surface area contributed by atoms with Crippen LogP contribution in [0.1, 0.15) is 27.2 Å². The molecule has 0 spiro atoms. The summed E-state index contributed by atoms with van der Waals surface area (Å²) in [5.74, 6) is -0.445. The van der Waals surface area contributed by atoms with Crippen molar-refractivity contribution in [3.8, 4) is 0 Å².